The maximum Gasteiger partial charge on any atom is 0.211 e. The Balaban J connectivity index is 1.72. The van der Waals surface area contributed by atoms with E-state index in [0.717, 1.165) is 19.1 Å². The van der Waals surface area contributed by atoms with Crippen LogP contribution in [-0.2, 0) is 16.6 Å². The topological polar surface area (TPSA) is 62.5 Å². The van der Waals surface area contributed by atoms with Gasteiger partial charge in [0, 0.05) is 34.4 Å². The molecule has 0 radical (unpaired) electrons. The lowest BCUT2D eigenvalue weighted by Gasteiger charge is -2.23. The summed E-state index contributed by atoms with van der Waals surface area (Å²) in [6, 6.07) is 8.44. The van der Waals surface area contributed by atoms with Crippen LogP contribution in [0.3, 0.4) is 0 Å². The normalized spacial score (nSPS) is 16.5. The van der Waals surface area contributed by atoms with Gasteiger partial charge in [0.2, 0.25) is 10.0 Å². The van der Waals surface area contributed by atoms with Gasteiger partial charge in [-0.2, -0.15) is 4.31 Å². The van der Waals surface area contributed by atoms with Gasteiger partial charge in [0.1, 0.15) is 11.6 Å². The average Bonchev–Trinajstić information content (AvgIpc) is 3.37. The Morgan fingerprint density at radius 1 is 1.11 bits per heavy atom. The van der Waals surface area contributed by atoms with E-state index in [-0.39, 0.29) is 19.1 Å². The molecule has 0 saturated heterocycles. The van der Waals surface area contributed by atoms with Crippen LogP contribution in [0.1, 0.15) is 12.8 Å². The SMILES string of the molecule is CS(=O)(=O)N(CC(O)Cn1c2ccc(F)cc2c2cc(F)ccc21)C1CC1. The fourth-order valence-corrected chi connectivity index (χ4v) is 4.83. The summed E-state index contributed by atoms with van der Waals surface area (Å²) in [7, 11) is -3.41. The number of aliphatic hydroxyl groups is 1. The molecule has 0 bridgehead atoms. The number of sulfonamides is 1. The van der Waals surface area contributed by atoms with E-state index in [2.05, 4.69) is 0 Å². The minimum absolute atomic E-state index is 0.00689. The minimum Gasteiger partial charge on any atom is -0.390 e. The van der Waals surface area contributed by atoms with Crippen LogP contribution in [0, 0.1) is 11.6 Å². The molecule has 2 aromatic carbocycles. The summed E-state index contributed by atoms with van der Waals surface area (Å²) in [5.41, 5.74) is 1.32. The van der Waals surface area contributed by atoms with Crippen LogP contribution in [0.15, 0.2) is 36.4 Å². The average molecular weight is 394 g/mol. The van der Waals surface area contributed by atoms with Gasteiger partial charge in [0.05, 0.1) is 18.9 Å². The van der Waals surface area contributed by atoms with E-state index < -0.39 is 27.8 Å². The first-order valence-electron chi connectivity index (χ1n) is 8.76. The van der Waals surface area contributed by atoms with Crippen molar-refractivity contribution in [3.63, 3.8) is 0 Å². The van der Waals surface area contributed by atoms with E-state index in [4.69, 9.17) is 0 Å². The molecule has 1 fully saturated rings. The van der Waals surface area contributed by atoms with Gasteiger partial charge < -0.3 is 9.67 Å². The minimum atomic E-state index is -3.41. The summed E-state index contributed by atoms with van der Waals surface area (Å²) in [6.45, 7) is 0.114. The molecule has 1 atom stereocenters. The van der Waals surface area contributed by atoms with E-state index in [1.54, 1.807) is 16.7 Å². The van der Waals surface area contributed by atoms with E-state index in [0.29, 0.717) is 21.8 Å². The van der Waals surface area contributed by atoms with Crippen LogP contribution < -0.4 is 0 Å². The molecule has 5 nitrogen and oxygen atoms in total. The zero-order valence-electron chi connectivity index (χ0n) is 14.8. The lowest BCUT2D eigenvalue weighted by molar-refractivity contribution is 0.128. The highest BCUT2D eigenvalue weighted by atomic mass is 32.2. The predicted octanol–water partition coefficient (Wildman–Crippen LogP) is 2.86. The fourth-order valence-electron chi connectivity index (χ4n) is 3.64. The van der Waals surface area contributed by atoms with Crippen molar-refractivity contribution < 1.29 is 22.3 Å². The Kier molecular flexibility index (Phi) is 4.44. The number of fused-ring (bicyclic) bond motifs is 3. The zero-order chi connectivity index (χ0) is 19.3. The molecule has 0 spiro atoms. The molecular weight excluding hydrogens is 374 g/mol. The highest BCUT2D eigenvalue weighted by Gasteiger charge is 2.36. The second kappa shape index (κ2) is 6.54. The summed E-state index contributed by atoms with van der Waals surface area (Å²) < 4.78 is 54.5. The van der Waals surface area contributed by atoms with Gasteiger partial charge in [-0.25, -0.2) is 17.2 Å². The maximum atomic E-state index is 13.7. The summed E-state index contributed by atoms with van der Waals surface area (Å²) >= 11 is 0. The fraction of sp³-hybridized carbons (Fsp3) is 0.368. The lowest BCUT2D eigenvalue weighted by Crippen LogP contribution is -2.39. The molecule has 1 unspecified atom stereocenters. The van der Waals surface area contributed by atoms with Gasteiger partial charge in [-0.15, -0.1) is 0 Å². The number of hydrogen-bond acceptors (Lipinski definition) is 3. The summed E-state index contributed by atoms with van der Waals surface area (Å²) in [5, 5.41) is 11.7. The molecule has 0 aliphatic heterocycles. The van der Waals surface area contributed by atoms with Gasteiger partial charge in [-0.1, -0.05) is 0 Å². The molecule has 27 heavy (non-hydrogen) atoms. The van der Waals surface area contributed by atoms with Crippen LogP contribution in [0.5, 0.6) is 0 Å². The molecule has 144 valence electrons. The number of nitrogens with zero attached hydrogens (tertiary/aromatic N) is 2. The van der Waals surface area contributed by atoms with Crippen LogP contribution in [0.2, 0.25) is 0 Å². The summed E-state index contributed by atoms with van der Waals surface area (Å²) in [5.74, 6) is -0.855. The Hall–Kier alpha value is -2.03. The second-order valence-corrected chi connectivity index (χ2v) is 9.09. The number of benzene rings is 2. The molecule has 0 amide bonds. The molecule has 8 heteroatoms. The maximum absolute atomic E-state index is 13.7. The van der Waals surface area contributed by atoms with E-state index in [1.807, 2.05) is 0 Å². The second-order valence-electron chi connectivity index (χ2n) is 7.15. The number of halogens is 2. The summed E-state index contributed by atoms with van der Waals surface area (Å²) in [4.78, 5) is 0. The van der Waals surface area contributed by atoms with E-state index in [1.165, 1.54) is 28.6 Å². The van der Waals surface area contributed by atoms with Crippen molar-refractivity contribution in [1.29, 1.82) is 0 Å². The smallest absolute Gasteiger partial charge is 0.211 e. The van der Waals surface area contributed by atoms with Gasteiger partial charge in [0.25, 0.3) is 0 Å². The Labute approximate surface area is 155 Å². The molecule has 1 N–H and O–H groups in total. The van der Waals surface area contributed by atoms with E-state index >= 15 is 0 Å². The molecule has 1 heterocycles. The Morgan fingerprint density at radius 3 is 2.07 bits per heavy atom. The Morgan fingerprint density at radius 2 is 1.63 bits per heavy atom. The lowest BCUT2D eigenvalue weighted by atomic mass is 10.1. The quantitative estimate of drug-likeness (QED) is 0.699. The van der Waals surface area contributed by atoms with Crippen molar-refractivity contribution in [2.24, 2.45) is 0 Å². The van der Waals surface area contributed by atoms with Crippen LogP contribution in [-0.4, -0.2) is 47.3 Å². The van der Waals surface area contributed by atoms with Gasteiger partial charge in [-0.05, 0) is 49.2 Å². The van der Waals surface area contributed by atoms with Gasteiger partial charge in [-0.3, -0.25) is 0 Å². The highest BCUT2D eigenvalue weighted by Crippen LogP contribution is 2.32. The number of aromatic nitrogens is 1. The van der Waals surface area contributed by atoms with Crippen molar-refractivity contribution >= 4 is 31.8 Å². The van der Waals surface area contributed by atoms with Crippen molar-refractivity contribution in [3.05, 3.63) is 48.0 Å². The molecule has 1 aliphatic rings. The molecule has 3 aromatic rings. The standard InChI is InChI=1S/C19H20F2N2O3S/c1-27(25,26)23(14-4-5-14)11-15(24)10-22-18-6-2-12(20)8-16(18)17-9-13(21)3-7-19(17)22/h2-3,6-9,14-15,24H,4-5,10-11H2,1H3. The highest BCUT2D eigenvalue weighted by molar-refractivity contribution is 7.88. The van der Waals surface area contributed by atoms with Crippen molar-refractivity contribution in [1.82, 2.24) is 8.87 Å². The molecule has 1 aromatic heterocycles. The van der Waals surface area contributed by atoms with Gasteiger partial charge >= 0.3 is 0 Å². The predicted molar refractivity (Wildman–Crippen MR) is 99.9 cm³/mol. The Bertz CT molecular complexity index is 1060. The number of aliphatic hydroxyl groups excluding tert-OH is 1. The first kappa shape index (κ1) is 18.3. The van der Waals surface area contributed by atoms with E-state index in [9.17, 15) is 22.3 Å². The van der Waals surface area contributed by atoms with Gasteiger partial charge in [0.15, 0.2) is 0 Å². The molecule has 1 aliphatic carbocycles. The summed E-state index contributed by atoms with van der Waals surface area (Å²) in [6.07, 6.45) is 1.79. The largest absolute Gasteiger partial charge is 0.390 e. The third-order valence-electron chi connectivity index (χ3n) is 4.95. The zero-order valence-corrected chi connectivity index (χ0v) is 15.6. The van der Waals surface area contributed by atoms with Crippen LogP contribution >= 0.6 is 0 Å². The molecular formula is C19H20F2N2O3S. The van der Waals surface area contributed by atoms with Crippen molar-refractivity contribution in [2.75, 3.05) is 12.8 Å². The van der Waals surface area contributed by atoms with Crippen molar-refractivity contribution in [2.45, 2.75) is 31.5 Å². The third-order valence-corrected chi connectivity index (χ3v) is 6.25. The number of rotatable bonds is 6. The van der Waals surface area contributed by atoms with Crippen LogP contribution in [0.25, 0.3) is 21.8 Å². The number of hydrogen-bond donors (Lipinski definition) is 1. The first-order valence-corrected chi connectivity index (χ1v) is 10.6. The molecule has 4 rings (SSSR count). The third kappa shape index (κ3) is 3.56. The van der Waals surface area contributed by atoms with Crippen LogP contribution in [0.4, 0.5) is 8.78 Å². The first-order chi connectivity index (χ1) is 12.7. The molecule has 1 saturated carbocycles. The van der Waals surface area contributed by atoms with Crippen molar-refractivity contribution in [3.8, 4) is 0 Å². The monoisotopic (exact) mass is 394 g/mol.